The van der Waals surface area contributed by atoms with Crippen molar-refractivity contribution < 1.29 is 18.3 Å². The van der Waals surface area contributed by atoms with Crippen LogP contribution in [0.4, 0.5) is 19.6 Å². The maximum absolute atomic E-state index is 13.8. The number of rotatable bonds is 8. The van der Waals surface area contributed by atoms with Gasteiger partial charge in [-0.2, -0.15) is 0 Å². The lowest BCUT2D eigenvalue weighted by molar-refractivity contribution is 0.0990. The van der Waals surface area contributed by atoms with E-state index in [2.05, 4.69) is 15.5 Å². The Labute approximate surface area is 169 Å². The van der Waals surface area contributed by atoms with Crippen LogP contribution in [0.5, 0.6) is 5.75 Å². The smallest absolute Gasteiger partial charge is 0.210 e. The summed E-state index contributed by atoms with van der Waals surface area (Å²) in [5.74, 6) is -1.33. The van der Waals surface area contributed by atoms with E-state index in [1.54, 1.807) is 6.92 Å². The van der Waals surface area contributed by atoms with Gasteiger partial charge in [-0.05, 0) is 38.1 Å². The van der Waals surface area contributed by atoms with E-state index in [4.69, 9.17) is 4.74 Å². The highest BCUT2D eigenvalue weighted by atomic mass is 32.2. The number of hydrogen-bond acceptors (Lipinski definition) is 7. The van der Waals surface area contributed by atoms with Crippen LogP contribution in [-0.4, -0.2) is 27.8 Å². The van der Waals surface area contributed by atoms with Crippen molar-refractivity contribution in [1.29, 1.82) is 0 Å². The second kappa shape index (κ2) is 9.11. The maximum Gasteiger partial charge on any atom is 0.210 e. The number of nitrogens with one attached hydrogen (secondary N) is 1. The Balaban J connectivity index is 1.68. The number of nitrogens with zero attached hydrogens (tertiary/aromatic N) is 2. The van der Waals surface area contributed by atoms with Crippen LogP contribution in [0.15, 0.2) is 46.8 Å². The molecule has 1 heterocycles. The predicted molar refractivity (Wildman–Crippen MR) is 107 cm³/mol. The van der Waals surface area contributed by atoms with Crippen LogP contribution in [0.1, 0.15) is 24.2 Å². The van der Waals surface area contributed by atoms with Crippen LogP contribution < -0.4 is 10.1 Å². The number of anilines is 2. The summed E-state index contributed by atoms with van der Waals surface area (Å²) < 4.78 is 33.0. The second-order valence-corrected chi connectivity index (χ2v) is 8.24. The van der Waals surface area contributed by atoms with Crippen molar-refractivity contribution >= 4 is 39.7 Å². The van der Waals surface area contributed by atoms with Gasteiger partial charge in [0.05, 0.1) is 23.1 Å². The van der Waals surface area contributed by atoms with Gasteiger partial charge in [-0.15, -0.1) is 10.2 Å². The summed E-state index contributed by atoms with van der Waals surface area (Å²) in [5, 5.41) is 11.2. The summed E-state index contributed by atoms with van der Waals surface area (Å²) in [6.07, 6.45) is 0. The van der Waals surface area contributed by atoms with Crippen LogP contribution in [0.2, 0.25) is 0 Å². The fourth-order valence-corrected chi connectivity index (χ4v) is 4.36. The number of hydrogen-bond donors (Lipinski definition) is 1. The molecule has 0 aliphatic rings. The molecule has 0 aliphatic carbocycles. The van der Waals surface area contributed by atoms with Crippen molar-refractivity contribution in [2.45, 2.75) is 23.4 Å². The zero-order chi connectivity index (χ0) is 20.1. The summed E-state index contributed by atoms with van der Waals surface area (Å²) in [4.78, 5) is 12.4. The minimum atomic E-state index is -0.871. The van der Waals surface area contributed by atoms with Crippen molar-refractivity contribution in [1.82, 2.24) is 10.2 Å². The second-order valence-electron chi connectivity index (χ2n) is 5.68. The molecule has 146 valence electrons. The summed E-state index contributed by atoms with van der Waals surface area (Å²) in [6.45, 7) is 4.09. The highest BCUT2D eigenvalue weighted by Crippen LogP contribution is 2.34. The molecule has 1 aromatic heterocycles. The Hall–Kier alpha value is -2.52. The van der Waals surface area contributed by atoms with E-state index in [1.165, 1.54) is 23.1 Å². The molecule has 28 heavy (non-hydrogen) atoms. The lowest BCUT2D eigenvalue weighted by Gasteiger charge is -2.09. The standard InChI is InChI=1S/C19H17F2N3O2S2/c1-3-26-16-7-5-4-6-15(16)22-18-23-24-19(28-18)27-11(2)17(25)13-9-8-12(20)10-14(13)21/h4-11H,3H2,1-2H3,(H,22,23). The lowest BCUT2D eigenvalue weighted by Crippen LogP contribution is -2.15. The molecule has 1 atom stereocenters. The first kappa shape index (κ1) is 20.2. The molecule has 0 saturated carbocycles. The Morgan fingerprint density at radius 3 is 2.79 bits per heavy atom. The number of aromatic nitrogens is 2. The number of benzene rings is 2. The molecular formula is C19H17F2N3O2S2. The molecule has 0 fully saturated rings. The number of ether oxygens (including phenoxy) is 1. The number of carbonyl (C=O) groups is 1. The van der Waals surface area contributed by atoms with Crippen LogP contribution in [-0.2, 0) is 0 Å². The largest absolute Gasteiger partial charge is 0.492 e. The van der Waals surface area contributed by atoms with Crippen LogP contribution in [0.3, 0.4) is 0 Å². The number of carbonyl (C=O) groups excluding carboxylic acids is 1. The van der Waals surface area contributed by atoms with Crippen molar-refractivity contribution in [2.24, 2.45) is 0 Å². The Morgan fingerprint density at radius 1 is 1.25 bits per heavy atom. The molecule has 5 nitrogen and oxygen atoms in total. The van der Waals surface area contributed by atoms with E-state index in [0.717, 1.165) is 17.8 Å². The molecular weight excluding hydrogens is 404 g/mol. The summed E-state index contributed by atoms with van der Waals surface area (Å²) in [7, 11) is 0. The van der Waals surface area contributed by atoms with Gasteiger partial charge in [0.25, 0.3) is 0 Å². The number of thioether (sulfide) groups is 1. The topological polar surface area (TPSA) is 64.1 Å². The third kappa shape index (κ3) is 4.85. The van der Waals surface area contributed by atoms with Gasteiger partial charge in [0.2, 0.25) is 5.13 Å². The lowest BCUT2D eigenvalue weighted by atomic mass is 10.1. The van der Waals surface area contributed by atoms with Gasteiger partial charge >= 0.3 is 0 Å². The molecule has 3 aromatic rings. The minimum absolute atomic E-state index is 0.144. The van der Waals surface area contributed by atoms with Crippen molar-refractivity contribution in [3.63, 3.8) is 0 Å². The number of para-hydroxylation sites is 2. The first-order valence-corrected chi connectivity index (χ1v) is 10.2. The first-order chi connectivity index (χ1) is 13.5. The van der Waals surface area contributed by atoms with Gasteiger partial charge < -0.3 is 10.1 Å². The van der Waals surface area contributed by atoms with E-state index in [1.807, 2.05) is 31.2 Å². The zero-order valence-corrected chi connectivity index (χ0v) is 16.7. The average molecular weight is 421 g/mol. The molecule has 0 aliphatic heterocycles. The van der Waals surface area contributed by atoms with E-state index in [-0.39, 0.29) is 5.56 Å². The molecule has 0 radical (unpaired) electrons. The van der Waals surface area contributed by atoms with Crippen LogP contribution in [0, 0.1) is 11.6 Å². The van der Waals surface area contributed by atoms with Crippen LogP contribution >= 0.6 is 23.1 Å². The Morgan fingerprint density at radius 2 is 2.04 bits per heavy atom. The SMILES string of the molecule is CCOc1ccccc1Nc1nnc(SC(C)C(=O)c2ccc(F)cc2F)s1. The predicted octanol–water partition coefficient (Wildman–Crippen LogP) is 5.32. The first-order valence-electron chi connectivity index (χ1n) is 8.46. The summed E-state index contributed by atoms with van der Waals surface area (Å²) in [5.41, 5.74) is 0.615. The van der Waals surface area contributed by atoms with Crippen LogP contribution in [0.25, 0.3) is 0 Å². The van der Waals surface area contributed by atoms with Gasteiger partial charge in [-0.25, -0.2) is 8.78 Å². The zero-order valence-electron chi connectivity index (χ0n) is 15.1. The molecule has 1 N–H and O–H groups in total. The molecule has 2 aromatic carbocycles. The summed E-state index contributed by atoms with van der Waals surface area (Å²) in [6, 6.07) is 10.4. The Bertz CT molecular complexity index is 981. The molecule has 0 amide bonds. The third-order valence-corrected chi connectivity index (χ3v) is 5.70. The van der Waals surface area contributed by atoms with Gasteiger partial charge in [0.1, 0.15) is 17.4 Å². The quantitative estimate of drug-likeness (QED) is 0.392. The van der Waals surface area contributed by atoms with Crippen molar-refractivity contribution in [3.8, 4) is 5.75 Å². The van der Waals surface area contributed by atoms with E-state index >= 15 is 0 Å². The highest BCUT2D eigenvalue weighted by Gasteiger charge is 2.22. The van der Waals surface area contributed by atoms with E-state index in [9.17, 15) is 13.6 Å². The molecule has 3 rings (SSSR count). The van der Waals surface area contributed by atoms with Gasteiger partial charge in [0, 0.05) is 6.07 Å². The normalized spacial score (nSPS) is 11.9. The fourth-order valence-electron chi connectivity index (χ4n) is 2.39. The number of Topliss-reactive ketones (excluding diaryl/α,β-unsaturated/α-hetero) is 1. The number of halogens is 2. The highest BCUT2D eigenvalue weighted by molar-refractivity contribution is 8.02. The maximum atomic E-state index is 13.8. The number of ketones is 1. The Kier molecular flexibility index (Phi) is 6.58. The van der Waals surface area contributed by atoms with E-state index in [0.29, 0.717) is 27.9 Å². The van der Waals surface area contributed by atoms with Crippen molar-refractivity contribution in [3.05, 3.63) is 59.7 Å². The van der Waals surface area contributed by atoms with Gasteiger partial charge in [-0.1, -0.05) is 35.2 Å². The molecule has 9 heteroatoms. The minimum Gasteiger partial charge on any atom is -0.492 e. The third-order valence-electron chi connectivity index (χ3n) is 3.68. The molecule has 0 spiro atoms. The van der Waals surface area contributed by atoms with Gasteiger partial charge in [0.15, 0.2) is 10.1 Å². The summed E-state index contributed by atoms with van der Waals surface area (Å²) >= 11 is 2.44. The average Bonchev–Trinajstić information content (AvgIpc) is 3.10. The molecule has 0 bridgehead atoms. The molecule has 1 unspecified atom stereocenters. The van der Waals surface area contributed by atoms with E-state index < -0.39 is 22.7 Å². The van der Waals surface area contributed by atoms with Gasteiger partial charge in [-0.3, -0.25) is 4.79 Å². The molecule has 0 saturated heterocycles. The fraction of sp³-hybridized carbons (Fsp3) is 0.211. The van der Waals surface area contributed by atoms with Crippen molar-refractivity contribution in [2.75, 3.05) is 11.9 Å². The monoisotopic (exact) mass is 421 g/mol.